The third-order valence-corrected chi connectivity index (χ3v) is 1.52. The lowest BCUT2D eigenvalue weighted by Crippen LogP contribution is -2.25. The molecule has 2 heteroatoms. The minimum atomic E-state index is 0.452. The third kappa shape index (κ3) is 3.21. The topological polar surface area (TPSA) is 15.6 Å². The van der Waals surface area contributed by atoms with Crippen LogP contribution >= 0.6 is 0 Å². The minimum absolute atomic E-state index is 0.452. The zero-order chi connectivity index (χ0) is 8.85. The Hall–Kier alpha value is -0.790. The molecular weight excluding hydrogens is 136 g/mol. The zero-order valence-electron chi connectivity index (χ0n) is 8.13. The van der Waals surface area contributed by atoms with E-state index in [1.807, 2.05) is 38.9 Å². The van der Waals surface area contributed by atoms with Crippen molar-refractivity contribution in [3.63, 3.8) is 0 Å². The molecule has 1 heterocycles. The highest BCUT2D eigenvalue weighted by molar-refractivity contribution is 5.93. The molecule has 1 atom stereocenters. The number of allylic oxidation sites excluding steroid dienone is 1. The second-order valence-electron chi connectivity index (χ2n) is 2.41. The van der Waals surface area contributed by atoms with Gasteiger partial charge in [-0.1, -0.05) is 19.9 Å². The molecule has 0 saturated heterocycles. The molecule has 64 valence electrons. The van der Waals surface area contributed by atoms with Crippen molar-refractivity contribution in [2.45, 2.75) is 33.7 Å². The second kappa shape index (κ2) is 4.94. The fourth-order valence-corrected chi connectivity index (χ4v) is 0.776. The maximum atomic E-state index is 4.23. The Bertz CT molecular complexity index is 159. The van der Waals surface area contributed by atoms with Gasteiger partial charge in [-0.3, -0.25) is 5.01 Å². The van der Waals surface area contributed by atoms with Crippen molar-refractivity contribution in [1.82, 2.24) is 5.01 Å². The first-order chi connectivity index (χ1) is 5.20. The van der Waals surface area contributed by atoms with Crippen molar-refractivity contribution in [2.75, 3.05) is 7.05 Å². The summed E-state index contributed by atoms with van der Waals surface area (Å²) in [6.07, 6.45) is 4.19. The maximum Gasteiger partial charge on any atom is 0.0623 e. The van der Waals surface area contributed by atoms with Gasteiger partial charge in [0.15, 0.2) is 0 Å². The first-order valence-electron chi connectivity index (χ1n) is 4.16. The Balaban J connectivity index is 0.000000461. The van der Waals surface area contributed by atoms with E-state index in [0.717, 1.165) is 5.71 Å². The number of hydrazone groups is 1. The van der Waals surface area contributed by atoms with Gasteiger partial charge in [-0.25, -0.2) is 0 Å². The molecule has 0 aromatic carbocycles. The van der Waals surface area contributed by atoms with Crippen LogP contribution in [0.4, 0.5) is 0 Å². The van der Waals surface area contributed by atoms with Crippen molar-refractivity contribution in [3.05, 3.63) is 12.2 Å². The van der Waals surface area contributed by atoms with Gasteiger partial charge in [0.1, 0.15) is 0 Å². The van der Waals surface area contributed by atoms with E-state index < -0.39 is 0 Å². The van der Waals surface area contributed by atoms with E-state index in [4.69, 9.17) is 0 Å². The lowest BCUT2D eigenvalue weighted by atomic mass is 10.2. The van der Waals surface area contributed by atoms with E-state index in [1.165, 1.54) is 0 Å². The number of likely N-dealkylation sites (N-methyl/N-ethyl adjacent to an activating group) is 1. The Kier molecular flexibility index (Phi) is 4.59. The molecule has 0 N–H and O–H groups in total. The standard InChI is InChI=1S/C7H12N2.C2H6/c1-6-4-5-7(2)9(3)8-6;1-2/h4-5,7H,1-3H3;1-2H3. The average Bonchev–Trinajstić information content (AvgIpc) is 2.02. The van der Waals surface area contributed by atoms with Crippen molar-refractivity contribution >= 4 is 5.71 Å². The summed E-state index contributed by atoms with van der Waals surface area (Å²) in [5.41, 5.74) is 1.08. The highest BCUT2D eigenvalue weighted by atomic mass is 15.5. The van der Waals surface area contributed by atoms with Crippen molar-refractivity contribution in [1.29, 1.82) is 0 Å². The predicted molar refractivity (Wildman–Crippen MR) is 50.8 cm³/mol. The maximum absolute atomic E-state index is 4.23. The Morgan fingerprint density at radius 2 is 2.00 bits per heavy atom. The molecule has 0 fully saturated rings. The monoisotopic (exact) mass is 154 g/mol. The molecule has 0 radical (unpaired) electrons. The molecule has 0 aromatic rings. The van der Waals surface area contributed by atoms with Crippen molar-refractivity contribution < 1.29 is 0 Å². The summed E-state index contributed by atoms with van der Waals surface area (Å²) in [7, 11) is 1.98. The van der Waals surface area contributed by atoms with Crippen LogP contribution in [0.2, 0.25) is 0 Å². The van der Waals surface area contributed by atoms with E-state index in [-0.39, 0.29) is 0 Å². The highest BCUT2D eigenvalue weighted by Gasteiger charge is 2.05. The van der Waals surface area contributed by atoms with Crippen LogP contribution in [0.3, 0.4) is 0 Å². The number of rotatable bonds is 0. The molecule has 1 unspecified atom stereocenters. The Morgan fingerprint density at radius 3 is 2.36 bits per heavy atom. The van der Waals surface area contributed by atoms with Gasteiger partial charge in [-0.2, -0.15) is 5.10 Å². The second-order valence-corrected chi connectivity index (χ2v) is 2.41. The molecule has 1 rings (SSSR count). The number of hydrogen-bond acceptors (Lipinski definition) is 2. The molecule has 0 spiro atoms. The van der Waals surface area contributed by atoms with Gasteiger partial charge in [-0.05, 0) is 19.9 Å². The molecule has 0 bridgehead atoms. The fourth-order valence-electron chi connectivity index (χ4n) is 0.776. The zero-order valence-corrected chi connectivity index (χ0v) is 8.13. The molecule has 0 saturated carbocycles. The smallest absolute Gasteiger partial charge is 0.0623 e. The van der Waals surface area contributed by atoms with E-state index in [0.29, 0.717) is 6.04 Å². The van der Waals surface area contributed by atoms with Crippen LogP contribution in [0.25, 0.3) is 0 Å². The Labute approximate surface area is 69.6 Å². The lowest BCUT2D eigenvalue weighted by Gasteiger charge is -2.22. The van der Waals surface area contributed by atoms with Gasteiger partial charge in [0.2, 0.25) is 0 Å². The fraction of sp³-hybridized carbons (Fsp3) is 0.667. The van der Waals surface area contributed by atoms with Gasteiger partial charge >= 0.3 is 0 Å². The highest BCUT2D eigenvalue weighted by Crippen LogP contribution is 2.03. The van der Waals surface area contributed by atoms with E-state index in [9.17, 15) is 0 Å². The summed E-state index contributed by atoms with van der Waals surface area (Å²) in [6.45, 7) is 8.12. The summed E-state index contributed by atoms with van der Waals surface area (Å²) in [4.78, 5) is 0. The predicted octanol–water partition coefficient (Wildman–Crippen LogP) is 2.28. The summed E-state index contributed by atoms with van der Waals surface area (Å²) < 4.78 is 0. The molecule has 1 aliphatic heterocycles. The summed E-state index contributed by atoms with van der Waals surface area (Å²) in [5, 5.41) is 6.18. The van der Waals surface area contributed by atoms with Crippen LogP contribution in [-0.4, -0.2) is 23.8 Å². The molecule has 11 heavy (non-hydrogen) atoms. The lowest BCUT2D eigenvalue weighted by molar-refractivity contribution is 0.310. The summed E-state index contributed by atoms with van der Waals surface area (Å²) in [5.74, 6) is 0. The number of hydrogen-bond donors (Lipinski definition) is 0. The van der Waals surface area contributed by atoms with Crippen LogP contribution in [-0.2, 0) is 0 Å². The van der Waals surface area contributed by atoms with Gasteiger partial charge in [0, 0.05) is 7.05 Å². The molecule has 2 nitrogen and oxygen atoms in total. The largest absolute Gasteiger partial charge is 0.293 e. The van der Waals surface area contributed by atoms with E-state index in [2.05, 4.69) is 18.1 Å². The molecule has 0 aliphatic carbocycles. The molecule has 0 aromatic heterocycles. The van der Waals surface area contributed by atoms with Gasteiger partial charge in [-0.15, -0.1) is 0 Å². The third-order valence-electron chi connectivity index (χ3n) is 1.52. The van der Waals surface area contributed by atoms with Gasteiger partial charge < -0.3 is 0 Å². The Morgan fingerprint density at radius 1 is 1.45 bits per heavy atom. The minimum Gasteiger partial charge on any atom is -0.293 e. The molecular formula is C9H18N2. The van der Waals surface area contributed by atoms with Crippen LogP contribution < -0.4 is 0 Å². The van der Waals surface area contributed by atoms with Gasteiger partial charge in [0.25, 0.3) is 0 Å². The molecule has 1 aliphatic rings. The van der Waals surface area contributed by atoms with Crippen molar-refractivity contribution in [3.8, 4) is 0 Å². The normalized spacial score (nSPS) is 22.1. The first-order valence-corrected chi connectivity index (χ1v) is 4.16. The first kappa shape index (κ1) is 10.2. The van der Waals surface area contributed by atoms with Crippen molar-refractivity contribution in [2.24, 2.45) is 5.10 Å². The van der Waals surface area contributed by atoms with Crippen LogP contribution in [0.1, 0.15) is 27.7 Å². The number of nitrogens with zero attached hydrogens (tertiary/aromatic N) is 2. The average molecular weight is 154 g/mol. The van der Waals surface area contributed by atoms with Crippen LogP contribution in [0.5, 0.6) is 0 Å². The van der Waals surface area contributed by atoms with E-state index >= 15 is 0 Å². The SMILES string of the molecule is CC.CC1=NN(C)C(C)C=C1. The van der Waals surface area contributed by atoms with E-state index in [1.54, 1.807) is 0 Å². The van der Waals surface area contributed by atoms with Crippen LogP contribution in [0, 0.1) is 0 Å². The summed E-state index contributed by atoms with van der Waals surface area (Å²) >= 11 is 0. The summed E-state index contributed by atoms with van der Waals surface area (Å²) in [6, 6.07) is 0.452. The molecule has 0 amide bonds. The van der Waals surface area contributed by atoms with Gasteiger partial charge in [0.05, 0.1) is 11.8 Å². The quantitative estimate of drug-likeness (QED) is 0.522. The van der Waals surface area contributed by atoms with Crippen LogP contribution in [0.15, 0.2) is 17.3 Å².